The van der Waals surface area contributed by atoms with Crippen molar-refractivity contribution in [1.82, 2.24) is 0 Å². The lowest BCUT2D eigenvalue weighted by atomic mass is 9.76. The molecule has 0 saturated heterocycles. The summed E-state index contributed by atoms with van der Waals surface area (Å²) in [5.41, 5.74) is 0. The lowest BCUT2D eigenvalue weighted by Crippen LogP contribution is -2.29. The quantitative estimate of drug-likeness (QED) is 0.704. The maximum Gasteiger partial charge on any atom is 0.306 e. The summed E-state index contributed by atoms with van der Waals surface area (Å²) in [5.74, 6) is -0.722. The van der Waals surface area contributed by atoms with Crippen molar-refractivity contribution >= 4 is 5.97 Å². The molecule has 0 bridgehead atoms. The van der Waals surface area contributed by atoms with Crippen molar-refractivity contribution in [1.29, 1.82) is 0 Å². The third-order valence-electron chi connectivity index (χ3n) is 2.87. The Morgan fingerprint density at radius 1 is 1.46 bits per heavy atom. The molecule has 0 radical (unpaired) electrons. The molecular formula is C10H18O3. The highest BCUT2D eigenvalue weighted by molar-refractivity contribution is 5.70. The Balaban J connectivity index is 2.51. The summed E-state index contributed by atoms with van der Waals surface area (Å²) in [7, 11) is 0. The van der Waals surface area contributed by atoms with E-state index >= 15 is 0 Å². The van der Waals surface area contributed by atoms with Crippen molar-refractivity contribution in [2.24, 2.45) is 11.8 Å². The van der Waals surface area contributed by atoms with Gasteiger partial charge in [0.1, 0.15) is 0 Å². The van der Waals surface area contributed by atoms with Crippen molar-refractivity contribution < 1.29 is 15.0 Å². The third-order valence-corrected chi connectivity index (χ3v) is 2.87. The molecule has 1 rings (SSSR count). The van der Waals surface area contributed by atoms with E-state index in [0.717, 1.165) is 25.7 Å². The summed E-state index contributed by atoms with van der Waals surface area (Å²) in [4.78, 5) is 10.9. The topological polar surface area (TPSA) is 57.5 Å². The van der Waals surface area contributed by atoms with Crippen LogP contribution in [-0.4, -0.2) is 22.3 Å². The van der Waals surface area contributed by atoms with Crippen LogP contribution in [0.1, 0.15) is 39.0 Å². The predicted molar refractivity (Wildman–Crippen MR) is 49.4 cm³/mol. The maximum atomic E-state index is 10.9. The molecule has 1 saturated carbocycles. The lowest BCUT2D eigenvalue weighted by Gasteiger charge is -2.29. The van der Waals surface area contributed by atoms with Crippen LogP contribution in [0.4, 0.5) is 0 Å². The van der Waals surface area contributed by atoms with E-state index < -0.39 is 5.97 Å². The van der Waals surface area contributed by atoms with Gasteiger partial charge in [0.05, 0.1) is 12.0 Å². The molecule has 3 nitrogen and oxygen atoms in total. The van der Waals surface area contributed by atoms with Crippen LogP contribution in [0.3, 0.4) is 0 Å². The average molecular weight is 186 g/mol. The molecular weight excluding hydrogens is 168 g/mol. The normalized spacial score (nSPS) is 31.2. The number of carbonyl (C=O) groups is 1. The number of hydrogen-bond donors (Lipinski definition) is 2. The van der Waals surface area contributed by atoms with Crippen molar-refractivity contribution in [3.8, 4) is 0 Å². The molecule has 0 aromatic rings. The van der Waals surface area contributed by atoms with Gasteiger partial charge in [-0.25, -0.2) is 0 Å². The van der Waals surface area contributed by atoms with Crippen LogP contribution in [-0.2, 0) is 4.79 Å². The second-order valence-electron chi connectivity index (χ2n) is 4.07. The number of aliphatic hydroxyl groups is 1. The summed E-state index contributed by atoms with van der Waals surface area (Å²) in [6.07, 6.45) is 4.14. The Labute approximate surface area is 78.8 Å². The molecule has 1 fully saturated rings. The zero-order valence-electron chi connectivity index (χ0n) is 8.07. The van der Waals surface area contributed by atoms with E-state index in [1.165, 1.54) is 0 Å². The van der Waals surface area contributed by atoms with Gasteiger partial charge in [0.15, 0.2) is 0 Å². The number of carboxylic acids is 1. The second-order valence-corrected chi connectivity index (χ2v) is 4.07. The number of carboxylic acid groups (broad SMARTS) is 1. The molecule has 0 amide bonds. The Morgan fingerprint density at radius 2 is 2.08 bits per heavy atom. The largest absolute Gasteiger partial charge is 0.481 e. The van der Waals surface area contributed by atoms with Gasteiger partial charge in [-0.15, -0.1) is 0 Å². The minimum absolute atomic E-state index is 0.186. The smallest absolute Gasteiger partial charge is 0.306 e. The maximum absolute atomic E-state index is 10.9. The summed E-state index contributed by atoms with van der Waals surface area (Å²) in [6.45, 7) is 1.73. The van der Waals surface area contributed by atoms with Gasteiger partial charge in [0.2, 0.25) is 0 Å². The van der Waals surface area contributed by atoms with E-state index in [1.807, 2.05) is 0 Å². The van der Waals surface area contributed by atoms with E-state index in [4.69, 9.17) is 5.11 Å². The zero-order chi connectivity index (χ0) is 9.84. The van der Waals surface area contributed by atoms with Gasteiger partial charge in [-0.3, -0.25) is 4.79 Å². The highest BCUT2D eigenvalue weighted by Gasteiger charge is 2.31. The molecule has 1 aliphatic rings. The fraction of sp³-hybridized carbons (Fsp3) is 0.900. The van der Waals surface area contributed by atoms with Crippen molar-refractivity contribution in [2.45, 2.75) is 45.1 Å². The Bertz CT molecular complexity index is 177. The van der Waals surface area contributed by atoms with Crippen molar-refractivity contribution in [2.75, 3.05) is 0 Å². The minimum atomic E-state index is -0.689. The summed E-state index contributed by atoms with van der Waals surface area (Å²) in [5, 5.41) is 18.2. The van der Waals surface area contributed by atoms with Gasteiger partial charge in [0, 0.05) is 0 Å². The first-order valence-electron chi connectivity index (χ1n) is 5.02. The molecule has 2 N–H and O–H groups in total. The van der Waals surface area contributed by atoms with Crippen LogP contribution in [0, 0.1) is 11.8 Å². The molecule has 76 valence electrons. The van der Waals surface area contributed by atoms with Gasteiger partial charge >= 0.3 is 5.97 Å². The van der Waals surface area contributed by atoms with Crippen LogP contribution in [0.5, 0.6) is 0 Å². The third kappa shape index (κ3) is 2.99. The molecule has 0 aliphatic heterocycles. The molecule has 3 unspecified atom stereocenters. The predicted octanol–water partition coefficient (Wildman–Crippen LogP) is 1.65. The van der Waals surface area contributed by atoms with Crippen LogP contribution < -0.4 is 0 Å². The van der Waals surface area contributed by atoms with Crippen LogP contribution in [0.2, 0.25) is 0 Å². The molecule has 3 heteroatoms. The summed E-state index contributed by atoms with van der Waals surface area (Å²) >= 11 is 0. The summed E-state index contributed by atoms with van der Waals surface area (Å²) < 4.78 is 0. The minimum Gasteiger partial charge on any atom is -0.481 e. The number of aliphatic hydroxyl groups excluding tert-OH is 1. The van der Waals surface area contributed by atoms with E-state index in [9.17, 15) is 9.90 Å². The first-order valence-corrected chi connectivity index (χ1v) is 5.02. The molecule has 0 spiro atoms. The van der Waals surface area contributed by atoms with E-state index in [0.29, 0.717) is 6.42 Å². The fourth-order valence-corrected chi connectivity index (χ4v) is 2.25. The number of hydrogen-bond acceptors (Lipinski definition) is 2. The Hall–Kier alpha value is -0.570. The molecule has 0 heterocycles. The average Bonchev–Trinajstić information content (AvgIpc) is 2.03. The van der Waals surface area contributed by atoms with Gasteiger partial charge in [-0.1, -0.05) is 12.8 Å². The Morgan fingerprint density at radius 3 is 2.62 bits per heavy atom. The molecule has 13 heavy (non-hydrogen) atoms. The fourth-order valence-electron chi connectivity index (χ4n) is 2.25. The molecule has 3 atom stereocenters. The number of aliphatic carboxylic acids is 1. The highest BCUT2D eigenvalue weighted by atomic mass is 16.4. The molecule has 0 aromatic carbocycles. The molecule has 1 aliphatic carbocycles. The Kier molecular flexibility index (Phi) is 3.72. The van der Waals surface area contributed by atoms with Gasteiger partial charge in [-0.05, 0) is 32.1 Å². The van der Waals surface area contributed by atoms with Crippen molar-refractivity contribution in [3.63, 3.8) is 0 Å². The van der Waals surface area contributed by atoms with E-state index in [-0.39, 0.29) is 17.9 Å². The number of rotatable bonds is 3. The van der Waals surface area contributed by atoms with Gasteiger partial charge in [0.25, 0.3) is 0 Å². The van der Waals surface area contributed by atoms with Crippen LogP contribution in [0.15, 0.2) is 0 Å². The first kappa shape index (κ1) is 10.5. The van der Waals surface area contributed by atoms with E-state index in [2.05, 4.69) is 0 Å². The van der Waals surface area contributed by atoms with Gasteiger partial charge < -0.3 is 10.2 Å². The standard InChI is InChI=1S/C10H18O3/c1-7(11)6-8-4-2-3-5-9(8)10(12)13/h7-9,11H,2-6H2,1H3,(H,12,13). The summed E-state index contributed by atoms with van der Waals surface area (Å²) in [6, 6.07) is 0. The zero-order valence-corrected chi connectivity index (χ0v) is 8.07. The lowest BCUT2D eigenvalue weighted by molar-refractivity contribution is -0.145. The van der Waals surface area contributed by atoms with Gasteiger partial charge in [-0.2, -0.15) is 0 Å². The van der Waals surface area contributed by atoms with E-state index in [1.54, 1.807) is 6.92 Å². The highest BCUT2D eigenvalue weighted by Crippen LogP contribution is 2.33. The first-order chi connectivity index (χ1) is 6.11. The monoisotopic (exact) mass is 186 g/mol. The van der Waals surface area contributed by atoms with Crippen LogP contribution in [0.25, 0.3) is 0 Å². The SMILES string of the molecule is CC(O)CC1CCCCC1C(=O)O. The second kappa shape index (κ2) is 4.61. The van der Waals surface area contributed by atoms with Crippen LogP contribution >= 0.6 is 0 Å². The van der Waals surface area contributed by atoms with Crippen molar-refractivity contribution in [3.05, 3.63) is 0 Å². The molecule has 0 aromatic heterocycles.